The molecule has 2 N–H and O–H groups in total. The van der Waals surface area contributed by atoms with E-state index in [2.05, 4.69) is 31.3 Å². The van der Waals surface area contributed by atoms with Gasteiger partial charge in [0.15, 0.2) is 5.82 Å². The van der Waals surface area contributed by atoms with Gasteiger partial charge < -0.3 is 15.4 Å². The predicted molar refractivity (Wildman–Crippen MR) is 145 cm³/mol. The summed E-state index contributed by atoms with van der Waals surface area (Å²) in [5, 5.41) is 12.7. The molecule has 0 saturated heterocycles. The highest BCUT2D eigenvalue weighted by Gasteiger charge is 2.29. The zero-order valence-corrected chi connectivity index (χ0v) is 23.1. The van der Waals surface area contributed by atoms with E-state index in [9.17, 15) is 13.6 Å². The molecule has 0 bridgehead atoms. The number of nitrogen functional groups attached to an aromatic ring is 1. The van der Waals surface area contributed by atoms with E-state index in [1.54, 1.807) is 40.0 Å². The quantitative estimate of drug-likeness (QED) is 0.235. The van der Waals surface area contributed by atoms with Crippen LogP contribution in [0, 0.1) is 11.6 Å². The number of nitrogens with zero attached hydrogens (tertiary/aromatic N) is 6. The fraction of sp³-hybridized carbons (Fsp3) is 0.333. The molecule has 0 aliphatic heterocycles. The van der Waals surface area contributed by atoms with Crippen molar-refractivity contribution in [3.63, 3.8) is 0 Å². The Bertz CT molecular complexity index is 1480. The minimum Gasteiger partial charge on any atom is -0.497 e. The topological polar surface area (TPSA) is 104 Å². The highest BCUT2D eigenvalue weighted by molar-refractivity contribution is 9.10. The van der Waals surface area contributed by atoms with Gasteiger partial charge in [-0.2, -0.15) is 5.10 Å². The Morgan fingerprint density at radius 1 is 1.18 bits per heavy atom. The van der Waals surface area contributed by atoms with Crippen molar-refractivity contribution in [3.05, 3.63) is 76.2 Å². The number of nitrogens with two attached hydrogens (primary N) is 1. The van der Waals surface area contributed by atoms with Gasteiger partial charge in [0.2, 0.25) is 0 Å². The molecule has 204 valence electrons. The molecule has 9 nitrogen and oxygen atoms in total. The molecule has 1 aliphatic rings. The maximum atomic E-state index is 14.2. The van der Waals surface area contributed by atoms with Crippen LogP contribution in [-0.2, 0) is 6.54 Å². The van der Waals surface area contributed by atoms with E-state index in [1.165, 1.54) is 0 Å². The van der Waals surface area contributed by atoms with Crippen molar-refractivity contribution in [2.75, 3.05) is 19.9 Å². The third-order valence-corrected chi connectivity index (χ3v) is 8.01. The van der Waals surface area contributed by atoms with Gasteiger partial charge >= 0.3 is 0 Å². The fourth-order valence-electron chi connectivity index (χ4n) is 4.96. The van der Waals surface area contributed by atoms with E-state index >= 15 is 0 Å². The van der Waals surface area contributed by atoms with Crippen LogP contribution in [0.1, 0.15) is 47.6 Å². The van der Waals surface area contributed by atoms with Crippen molar-refractivity contribution in [3.8, 4) is 17.0 Å². The maximum Gasteiger partial charge on any atom is 0.257 e. The first-order chi connectivity index (χ1) is 18.7. The van der Waals surface area contributed by atoms with E-state index in [-0.39, 0.29) is 33.7 Å². The number of amides is 1. The predicted octanol–water partition coefficient (Wildman–Crippen LogP) is 5.08. The first-order valence-electron chi connectivity index (χ1n) is 12.5. The second-order valence-electron chi connectivity index (χ2n) is 9.68. The molecular weight excluding hydrogens is 572 g/mol. The largest absolute Gasteiger partial charge is 0.497 e. The van der Waals surface area contributed by atoms with Crippen molar-refractivity contribution >= 4 is 27.5 Å². The smallest absolute Gasteiger partial charge is 0.257 e. The highest BCUT2D eigenvalue weighted by Crippen LogP contribution is 2.35. The minimum absolute atomic E-state index is 0.0598. The molecule has 0 radical (unpaired) electrons. The monoisotopic (exact) mass is 599 g/mol. The molecular formula is C27H28BrF2N7O2. The van der Waals surface area contributed by atoms with Gasteiger partial charge in [-0.15, -0.1) is 5.10 Å². The zero-order chi connectivity index (χ0) is 27.7. The molecule has 2 heterocycles. The standard InChI is InChI=1S/C27H28BrF2N7O2/c1-35(27(38)17-12-32-36(14-17)13-16-3-9-20(39-2)10-4-16)18-5-7-19(8-6-18)37-15-23(33-34-37)21-11-22(29)24(28)25(30)26(21)31/h3-4,9-12,14-15,18-19H,5-8,13,31H2,1-2H3. The van der Waals surface area contributed by atoms with Crippen LogP contribution in [0.15, 0.2) is 53.4 Å². The first-order valence-corrected chi connectivity index (χ1v) is 13.3. The Labute approximate surface area is 232 Å². The Hall–Kier alpha value is -3.80. The summed E-state index contributed by atoms with van der Waals surface area (Å²) in [6, 6.07) is 9.00. The second kappa shape index (κ2) is 11.1. The van der Waals surface area contributed by atoms with E-state index in [1.807, 2.05) is 31.3 Å². The molecule has 0 spiro atoms. The average Bonchev–Trinajstić information content (AvgIpc) is 3.64. The summed E-state index contributed by atoms with van der Waals surface area (Å²) in [6.07, 6.45) is 8.16. The fourth-order valence-corrected chi connectivity index (χ4v) is 5.29. The number of hydrogen-bond acceptors (Lipinski definition) is 6. The lowest BCUT2D eigenvalue weighted by Gasteiger charge is -2.34. The number of methoxy groups -OCH3 is 1. The second-order valence-corrected chi connectivity index (χ2v) is 10.5. The van der Waals surface area contributed by atoms with Gasteiger partial charge in [-0.3, -0.25) is 9.48 Å². The zero-order valence-electron chi connectivity index (χ0n) is 21.5. The number of benzene rings is 2. The van der Waals surface area contributed by atoms with Gasteiger partial charge in [0.1, 0.15) is 17.3 Å². The number of rotatable bonds is 7. The van der Waals surface area contributed by atoms with Crippen LogP contribution < -0.4 is 10.5 Å². The molecule has 5 rings (SSSR count). The molecule has 4 aromatic rings. The van der Waals surface area contributed by atoms with Crippen LogP contribution in [0.25, 0.3) is 11.3 Å². The minimum atomic E-state index is -0.862. The molecule has 0 atom stereocenters. The van der Waals surface area contributed by atoms with Crippen LogP contribution in [0.2, 0.25) is 0 Å². The summed E-state index contributed by atoms with van der Waals surface area (Å²) in [7, 11) is 3.45. The van der Waals surface area contributed by atoms with Gasteiger partial charge in [-0.05, 0) is 65.4 Å². The number of carbonyl (C=O) groups excluding carboxylic acids is 1. The summed E-state index contributed by atoms with van der Waals surface area (Å²) in [5.74, 6) is -0.905. The maximum absolute atomic E-state index is 14.2. The van der Waals surface area contributed by atoms with Crippen LogP contribution >= 0.6 is 15.9 Å². The van der Waals surface area contributed by atoms with E-state index in [0.717, 1.165) is 43.1 Å². The molecule has 2 aromatic carbocycles. The van der Waals surface area contributed by atoms with Crippen LogP contribution in [0.4, 0.5) is 14.5 Å². The average molecular weight is 600 g/mol. The summed E-state index contributed by atoms with van der Waals surface area (Å²) >= 11 is 2.86. The van der Waals surface area contributed by atoms with Crippen LogP contribution in [0.3, 0.4) is 0 Å². The van der Waals surface area contributed by atoms with Crippen molar-refractivity contribution < 1.29 is 18.3 Å². The Morgan fingerprint density at radius 3 is 2.59 bits per heavy atom. The van der Waals surface area contributed by atoms with Gasteiger partial charge in [0.25, 0.3) is 5.91 Å². The normalized spacial score (nSPS) is 17.3. The SMILES string of the molecule is COc1ccc(Cn2cc(C(=O)N(C)C3CCC(n4cc(-c5cc(F)c(Br)c(F)c5N)nn4)CC3)cn2)cc1. The Morgan fingerprint density at radius 2 is 1.90 bits per heavy atom. The molecule has 1 aliphatic carbocycles. The van der Waals surface area contributed by atoms with Gasteiger partial charge in [0.05, 0.1) is 47.8 Å². The highest BCUT2D eigenvalue weighted by atomic mass is 79.9. The van der Waals surface area contributed by atoms with E-state index in [0.29, 0.717) is 17.8 Å². The Balaban J connectivity index is 1.19. The molecule has 0 unspecified atom stereocenters. The van der Waals surface area contributed by atoms with Gasteiger partial charge in [-0.1, -0.05) is 17.3 Å². The lowest BCUT2D eigenvalue weighted by atomic mass is 9.90. The summed E-state index contributed by atoms with van der Waals surface area (Å²) in [6.45, 7) is 0.553. The number of ether oxygens (including phenoxy) is 1. The number of aromatic nitrogens is 5. The van der Waals surface area contributed by atoms with Crippen molar-refractivity contribution in [1.29, 1.82) is 0 Å². The summed E-state index contributed by atoms with van der Waals surface area (Å²) in [4.78, 5) is 15.0. The number of halogens is 3. The van der Waals surface area contributed by atoms with Crippen molar-refractivity contribution in [2.45, 2.75) is 44.3 Å². The molecule has 12 heteroatoms. The van der Waals surface area contributed by atoms with E-state index < -0.39 is 11.6 Å². The Kier molecular flexibility index (Phi) is 7.65. The van der Waals surface area contributed by atoms with Crippen LogP contribution in [0.5, 0.6) is 5.75 Å². The van der Waals surface area contributed by atoms with Crippen molar-refractivity contribution in [1.82, 2.24) is 29.7 Å². The van der Waals surface area contributed by atoms with Crippen LogP contribution in [-0.4, -0.2) is 55.8 Å². The third-order valence-electron chi connectivity index (χ3n) is 7.28. The number of carbonyl (C=O) groups is 1. The number of hydrogen-bond donors (Lipinski definition) is 1. The van der Waals surface area contributed by atoms with Gasteiger partial charge in [0, 0.05) is 24.8 Å². The molecule has 39 heavy (non-hydrogen) atoms. The van der Waals surface area contributed by atoms with E-state index in [4.69, 9.17) is 10.5 Å². The lowest BCUT2D eigenvalue weighted by molar-refractivity contribution is 0.0675. The summed E-state index contributed by atoms with van der Waals surface area (Å²) in [5.41, 5.74) is 7.73. The third kappa shape index (κ3) is 5.51. The molecule has 1 fully saturated rings. The van der Waals surface area contributed by atoms with Gasteiger partial charge in [-0.25, -0.2) is 13.5 Å². The molecule has 2 aromatic heterocycles. The summed E-state index contributed by atoms with van der Waals surface area (Å²) < 4.78 is 36.6. The molecule has 1 amide bonds. The first kappa shape index (κ1) is 26.8. The number of anilines is 1. The lowest BCUT2D eigenvalue weighted by Crippen LogP contribution is -2.39. The molecule has 1 saturated carbocycles. The van der Waals surface area contributed by atoms with Crippen molar-refractivity contribution in [2.24, 2.45) is 0 Å².